The Morgan fingerprint density at radius 3 is 2.59 bits per heavy atom. The third kappa shape index (κ3) is 4.97. The first-order valence-corrected chi connectivity index (χ1v) is 10.0. The largest absolute Gasteiger partial charge is 0.452 e. The molecule has 29 heavy (non-hydrogen) atoms. The summed E-state index contributed by atoms with van der Waals surface area (Å²) < 4.78 is 6.18. The van der Waals surface area contributed by atoms with Gasteiger partial charge in [-0.1, -0.05) is 30.3 Å². The molecule has 1 atom stereocenters. The number of rotatable bonds is 7. The van der Waals surface area contributed by atoms with Crippen LogP contribution in [0, 0.1) is 0 Å². The Morgan fingerprint density at radius 2 is 1.83 bits per heavy atom. The second kappa shape index (κ2) is 9.29. The van der Waals surface area contributed by atoms with Crippen molar-refractivity contribution in [2.75, 3.05) is 13.2 Å². The van der Waals surface area contributed by atoms with Gasteiger partial charge in [0.05, 0.1) is 15.8 Å². The number of carbonyl (C=O) groups is 3. The molecule has 1 heterocycles. The highest BCUT2D eigenvalue weighted by Gasteiger charge is 2.19. The predicted molar refractivity (Wildman–Crippen MR) is 112 cm³/mol. The van der Waals surface area contributed by atoms with E-state index in [1.807, 2.05) is 30.3 Å². The number of thiazole rings is 1. The van der Waals surface area contributed by atoms with Gasteiger partial charge in [0.25, 0.3) is 5.91 Å². The fourth-order valence-electron chi connectivity index (χ4n) is 2.72. The number of fused-ring (bicyclic) bond motifs is 1. The Bertz CT molecular complexity index is 1010. The number of esters is 1. The summed E-state index contributed by atoms with van der Waals surface area (Å²) in [5, 5.41) is 5.81. The third-order valence-corrected chi connectivity index (χ3v) is 5.20. The molecular weight excluding hydrogens is 390 g/mol. The normalized spacial score (nSPS) is 11.7. The number of ether oxygens (including phenoxy) is 1. The van der Waals surface area contributed by atoms with Gasteiger partial charge in [0.1, 0.15) is 11.0 Å². The van der Waals surface area contributed by atoms with Gasteiger partial charge >= 0.3 is 5.97 Å². The average Bonchev–Trinajstić information content (AvgIpc) is 3.16. The lowest BCUT2D eigenvalue weighted by Gasteiger charge is -2.13. The lowest BCUT2D eigenvalue weighted by Crippen LogP contribution is -2.46. The van der Waals surface area contributed by atoms with E-state index >= 15 is 0 Å². The molecule has 2 N–H and O–H groups in total. The number of nitrogens with one attached hydrogen (secondary N) is 2. The number of carbonyl (C=O) groups excluding carboxylic acids is 3. The van der Waals surface area contributed by atoms with Crippen LogP contribution in [0.1, 0.15) is 24.2 Å². The molecule has 0 unspecified atom stereocenters. The van der Waals surface area contributed by atoms with Crippen LogP contribution in [0.4, 0.5) is 0 Å². The molecule has 0 bridgehead atoms. The minimum Gasteiger partial charge on any atom is -0.452 e. The van der Waals surface area contributed by atoms with Crippen molar-refractivity contribution in [3.63, 3.8) is 0 Å². The molecule has 1 aromatic heterocycles. The Morgan fingerprint density at radius 1 is 1.10 bits per heavy atom. The zero-order chi connectivity index (χ0) is 20.8. The molecule has 0 radical (unpaired) electrons. The maximum Gasteiger partial charge on any atom is 0.339 e. The molecule has 2 aromatic carbocycles. The Balaban J connectivity index is 1.69. The molecule has 0 saturated heterocycles. The summed E-state index contributed by atoms with van der Waals surface area (Å²) in [5.74, 6) is -1.47. The fraction of sp³-hybridized carbons (Fsp3) is 0.238. The monoisotopic (exact) mass is 411 g/mol. The van der Waals surface area contributed by atoms with Gasteiger partial charge in [-0.3, -0.25) is 9.59 Å². The lowest BCUT2D eigenvalue weighted by molar-refractivity contribution is -0.130. The predicted octanol–water partition coefficient (Wildman–Crippen LogP) is 2.76. The number of benzene rings is 2. The maximum absolute atomic E-state index is 12.6. The van der Waals surface area contributed by atoms with E-state index in [1.54, 1.807) is 32.0 Å². The Kier molecular flexibility index (Phi) is 6.56. The molecule has 150 valence electrons. The number of nitrogens with zero attached hydrogens (tertiary/aromatic N) is 1. The van der Waals surface area contributed by atoms with E-state index in [0.29, 0.717) is 22.7 Å². The molecule has 0 saturated carbocycles. The highest BCUT2D eigenvalue weighted by molar-refractivity contribution is 7.21. The van der Waals surface area contributed by atoms with E-state index in [0.717, 1.165) is 10.2 Å². The zero-order valence-corrected chi connectivity index (χ0v) is 16.9. The first kappa shape index (κ1) is 20.5. The second-order valence-electron chi connectivity index (χ2n) is 6.29. The highest BCUT2D eigenvalue weighted by Crippen LogP contribution is 2.32. The minimum atomic E-state index is -0.712. The van der Waals surface area contributed by atoms with Crippen LogP contribution >= 0.6 is 11.3 Å². The number of likely N-dealkylation sites (N-methyl/N-ethyl adjacent to an activating group) is 1. The molecule has 3 aromatic rings. The van der Waals surface area contributed by atoms with Crippen molar-refractivity contribution >= 4 is 39.3 Å². The summed E-state index contributed by atoms with van der Waals surface area (Å²) in [6, 6.07) is 14.0. The van der Waals surface area contributed by atoms with Crippen molar-refractivity contribution in [3.8, 4) is 10.6 Å². The lowest BCUT2D eigenvalue weighted by atomic mass is 10.1. The van der Waals surface area contributed by atoms with Crippen LogP contribution in [0.15, 0.2) is 48.5 Å². The molecule has 0 fully saturated rings. The molecule has 3 rings (SSSR count). The number of amides is 2. The summed E-state index contributed by atoms with van der Waals surface area (Å²) in [7, 11) is 0. The summed E-state index contributed by atoms with van der Waals surface area (Å²) >= 11 is 1.48. The fourth-order valence-corrected chi connectivity index (χ4v) is 3.73. The van der Waals surface area contributed by atoms with Gasteiger partial charge < -0.3 is 15.4 Å². The summed E-state index contributed by atoms with van der Waals surface area (Å²) in [5.41, 5.74) is 1.83. The van der Waals surface area contributed by atoms with Crippen LogP contribution in [-0.4, -0.2) is 42.0 Å². The standard InChI is InChI=1S/C21H21N3O4S/c1-3-22-19(26)13(2)23-18(25)12-28-21(27)15-9-5-4-8-14(15)20-24-16-10-6-7-11-17(16)29-20/h4-11,13H,3,12H2,1-2H3,(H,22,26)(H,23,25)/t13-/m1/s1. The van der Waals surface area contributed by atoms with E-state index in [-0.39, 0.29) is 5.91 Å². The quantitative estimate of drug-likeness (QED) is 0.583. The molecule has 0 aliphatic carbocycles. The van der Waals surface area contributed by atoms with Gasteiger partial charge in [-0.25, -0.2) is 9.78 Å². The van der Waals surface area contributed by atoms with Crippen molar-refractivity contribution in [3.05, 3.63) is 54.1 Å². The van der Waals surface area contributed by atoms with Crippen LogP contribution in [-0.2, 0) is 14.3 Å². The van der Waals surface area contributed by atoms with Gasteiger partial charge in [-0.15, -0.1) is 11.3 Å². The van der Waals surface area contributed by atoms with Crippen LogP contribution in [0.2, 0.25) is 0 Å². The zero-order valence-electron chi connectivity index (χ0n) is 16.1. The summed E-state index contributed by atoms with van der Waals surface area (Å²) in [6.07, 6.45) is 0. The second-order valence-corrected chi connectivity index (χ2v) is 7.32. The van der Waals surface area contributed by atoms with Crippen LogP contribution in [0.25, 0.3) is 20.8 Å². The van der Waals surface area contributed by atoms with E-state index in [1.165, 1.54) is 11.3 Å². The van der Waals surface area contributed by atoms with Crippen molar-refractivity contribution < 1.29 is 19.1 Å². The van der Waals surface area contributed by atoms with Crippen molar-refractivity contribution in [2.45, 2.75) is 19.9 Å². The molecule has 0 aliphatic heterocycles. The first-order chi connectivity index (χ1) is 14.0. The van der Waals surface area contributed by atoms with Crippen molar-refractivity contribution in [1.29, 1.82) is 0 Å². The molecule has 0 spiro atoms. The Hall–Kier alpha value is -3.26. The molecule has 8 heteroatoms. The molecule has 0 aliphatic rings. The van der Waals surface area contributed by atoms with Gasteiger partial charge in [0.15, 0.2) is 6.61 Å². The maximum atomic E-state index is 12.6. The number of aromatic nitrogens is 1. The number of para-hydroxylation sites is 1. The van der Waals surface area contributed by atoms with Crippen molar-refractivity contribution in [2.24, 2.45) is 0 Å². The van der Waals surface area contributed by atoms with E-state index < -0.39 is 24.5 Å². The average molecular weight is 411 g/mol. The molecular formula is C21H21N3O4S. The van der Waals surface area contributed by atoms with Crippen LogP contribution in [0.3, 0.4) is 0 Å². The third-order valence-electron chi connectivity index (χ3n) is 4.13. The number of hydrogen-bond donors (Lipinski definition) is 2. The van der Waals surface area contributed by atoms with Gasteiger partial charge in [0.2, 0.25) is 5.91 Å². The Labute approximate surface area is 172 Å². The van der Waals surface area contributed by atoms with Crippen LogP contribution < -0.4 is 10.6 Å². The van der Waals surface area contributed by atoms with E-state index in [2.05, 4.69) is 15.6 Å². The van der Waals surface area contributed by atoms with Crippen LogP contribution in [0.5, 0.6) is 0 Å². The minimum absolute atomic E-state index is 0.298. The smallest absolute Gasteiger partial charge is 0.339 e. The van der Waals surface area contributed by atoms with Gasteiger partial charge in [-0.05, 0) is 32.0 Å². The first-order valence-electron chi connectivity index (χ1n) is 9.18. The molecule has 7 nitrogen and oxygen atoms in total. The van der Waals surface area contributed by atoms with E-state index in [4.69, 9.17) is 4.74 Å². The summed E-state index contributed by atoms with van der Waals surface area (Å²) in [4.78, 5) is 40.8. The van der Waals surface area contributed by atoms with E-state index in [9.17, 15) is 14.4 Å². The topological polar surface area (TPSA) is 97.4 Å². The number of hydrogen-bond acceptors (Lipinski definition) is 6. The summed E-state index contributed by atoms with van der Waals surface area (Å²) in [6.45, 7) is 3.34. The molecule has 2 amide bonds. The van der Waals surface area contributed by atoms with Gasteiger partial charge in [0, 0.05) is 12.1 Å². The van der Waals surface area contributed by atoms with Crippen molar-refractivity contribution in [1.82, 2.24) is 15.6 Å². The highest BCUT2D eigenvalue weighted by atomic mass is 32.1. The SMILES string of the molecule is CCNC(=O)[C@@H](C)NC(=O)COC(=O)c1ccccc1-c1nc2ccccc2s1. The van der Waals surface area contributed by atoms with Gasteiger partial charge in [-0.2, -0.15) is 0 Å².